The summed E-state index contributed by atoms with van der Waals surface area (Å²) in [6, 6.07) is 4.49. The second-order valence-corrected chi connectivity index (χ2v) is 5.60. The van der Waals surface area contributed by atoms with Crippen LogP contribution in [0.25, 0.3) is 0 Å². The Morgan fingerprint density at radius 3 is 2.43 bits per heavy atom. The Morgan fingerprint density at radius 1 is 1.33 bits per heavy atom. The number of benzene rings is 1. The number of carbonyl (C=O) groups is 1. The molecule has 0 bridgehead atoms. The number of hydrogen-bond donors (Lipinski definition) is 1. The summed E-state index contributed by atoms with van der Waals surface area (Å²) in [5, 5.41) is 9.45. The number of rotatable bonds is 3. The van der Waals surface area contributed by atoms with Gasteiger partial charge in [0.05, 0.1) is 11.5 Å². The molecule has 1 fully saturated rings. The van der Waals surface area contributed by atoms with E-state index >= 15 is 0 Å². The third-order valence-corrected chi connectivity index (χ3v) is 4.00. The molecule has 1 heterocycles. The molecule has 0 amide bonds. The van der Waals surface area contributed by atoms with Crippen LogP contribution in [-0.4, -0.2) is 36.1 Å². The molecule has 0 saturated carbocycles. The van der Waals surface area contributed by atoms with Crippen LogP contribution in [0.3, 0.4) is 0 Å². The maximum atomic E-state index is 12.6. The zero-order chi connectivity index (χ0) is 15.6. The van der Waals surface area contributed by atoms with Gasteiger partial charge in [-0.1, -0.05) is 12.1 Å². The number of carboxylic acids is 1. The average molecular weight is 301 g/mol. The Balaban J connectivity index is 2.24. The molecule has 1 aromatic rings. The Labute approximate surface area is 121 Å². The van der Waals surface area contributed by atoms with Gasteiger partial charge in [-0.15, -0.1) is 0 Å². The highest BCUT2D eigenvalue weighted by atomic mass is 19.4. The van der Waals surface area contributed by atoms with Crippen molar-refractivity contribution in [1.29, 1.82) is 0 Å². The first kappa shape index (κ1) is 15.8. The highest BCUT2D eigenvalue weighted by Gasteiger charge is 2.34. The maximum absolute atomic E-state index is 12.6. The average Bonchev–Trinajstić information content (AvgIpc) is 2.38. The number of halogens is 3. The lowest BCUT2D eigenvalue weighted by Crippen LogP contribution is -2.37. The number of alkyl halides is 3. The van der Waals surface area contributed by atoms with Crippen LogP contribution in [0, 0.1) is 5.92 Å². The van der Waals surface area contributed by atoms with Gasteiger partial charge in [-0.3, -0.25) is 4.79 Å². The van der Waals surface area contributed by atoms with Crippen molar-refractivity contribution in [3.63, 3.8) is 0 Å². The van der Waals surface area contributed by atoms with E-state index in [0.29, 0.717) is 12.1 Å². The molecule has 0 spiro atoms. The van der Waals surface area contributed by atoms with E-state index in [4.69, 9.17) is 0 Å². The summed E-state index contributed by atoms with van der Waals surface area (Å²) >= 11 is 0. The van der Waals surface area contributed by atoms with Gasteiger partial charge in [-0.25, -0.2) is 0 Å². The van der Waals surface area contributed by atoms with Crippen LogP contribution in [-0.2, 0) is 11.0 Å². The van der Waals surface area contributed by atoms with Crippen LogP contribution in [0.1, 0.15) is 29.9 Å². The van der Waals surface area contributed by atoms with Gasteiger partial charge in [0.2, 0.25) is 0 Å². The van der Waals surface area contributed by atoms with E-state index in [2.05, 4.69) is 4.90 Å². The predicted molar refractivity (Wildman–Crippen MR) is 72.0 cm³/mol. The second kappa shape index (κ2) is 6.05. The third-order valence-electron chi connectivity index (χ3n) is 4.00. The zero-order valence-corrected chi connectivity index (χ0v) is 11.7. The summed E-state index contributed by atoms with van der Waals surface area (Å²) in [6.07, 6.45) is -2.71. The van der Waals surface area contributed by atoms with Gasteiger partial charge in [-0.2, -0.15) is 13.2 Å². The van der Waals surface area contributed by atoms with Gasteiger partial charge in [-0.05, 0) is 50.0 Å². The molecule has 0 aromatic heterocycles. The molecule has 2 atom stereocenters. The molecule has 21 heavy (non-hydrogen) atoms. The number of carboxylic acid groups (broad SMARTS) is 1. The summed E-state index contributed by atoms with van der Waals surface area (Å²) in [5.74, 6) is -1.80. The number of nitrogens with zero attached hydrogens (tertiary/aromatic N) is 1. The second-order valence-electron chi connectivity index (χ2n) is 5.60. The fraction of sp³-hybridized carbons (Fsp3) is 0.533. The van der Waals surface area contributed by atoms with Gasteiger partial charge in [0.25, 0.3) is 0 Å². The van der Waals surface area contributed by atoms with Crippen LogP contribution >= 0.6 is 0 Å². The summed E-state index contributed by atoms with van der Waals surface area (Å²) in [4.78, 5) is 13.6. The molecule has 0 radical (unpaired) electrons. The van der Waals surface area contributed by atoms with Crippen molar-refractivity contribution in [1.82, 2.24) is 4.90 Å². The predicted octanol–water partition coefficient (Wildman–Crippen LogP) is 3.22. The van der Waals surface area contributed by atoms with Crippen molar-refractivity contribution in [3.05, 3.63) is 35.4 Å². The quantitative estimate of drug-likeness (QED) is 0.932. The SMILES string of the molecule is CN1CCCC(C(C(=O)O)c2ccc(C(F)(F)F)cc2)C1. The molecule has 6 heteroatoms. The van der Waals surface area contributed by atoms with Crippen LogP contribution in [0.5, 0.6) is 0 Å². The number of likely N-dealkylation sites (tertiary alicyclic amines) is 1. The molecule has 0 aliphatic carbocycles. The first-order valence-electron chi connectivity index (χ1n) is 6.87. The van der Waals surface area contributed by atoms with Crippen LogP contribution in [0.2, 0.25) is 0 Å². The monoisotopic (exact) mass is 301 g/mol. The molecule has 116 valence electrons. The number of hydrogen-bond acceptors (Lipinski definition) is 2. The molecular weight excluding hydrogens is 283 g/mol. The lowest BCUT2D eigenvalue weighted by molar-refractivity contribution is -0.140. The van der Waals surface area contributed by atoms with Gasteiger partial charge in [0, 0.05) is 6.54 Å². The van der Waals surface area contributed by atoms with E-state index < -0.39 is 23.6 Å². The smallest absolute Gasteiger partial charge is 0.416 e. The highest BCUT2D eigenvalue weighted by molar-refractivity contribution is 5.76. The van der Waals surface area contributed by atoms with Gasteiger partial charge >= 0.3 is 12.1 Å². The molecular formula is C15H18F3NO2. The van der Waals surface area contributed by atoms with E-state index in [-0.39, 0.29) is 5.92 Å². The van der Waals surface area contributed by atoms with Crippen LogP contribution in [0.4, 0.5) is 13.2 Å². The summed E-state index contributed by atoms with van der Waals surface area (Å²) in [7, 11) is 1.93. The Hall–Kier alpha value is -1.56. The highest BCUT2D eigenvalue weighted by Crippen LogP contribution is 2.34. The van der Waals surface area contributed by atoms with E-state index in [9.17, 15) is 23.1 Å². The molecule has 1 saturated heterocycles. The Kier molecular flexibility index (Phi) is 4.56. The van der Waals surface area contributed by atoms with E-state index in [1.807, 2.05) is 7.05 Å². The summed E-state index contributed by atoms with van der Waals surface area (Å²) in [6.45, 7) is 1.58. The molecule has 3 nitrogen and oxygen atoms in total. The van der Waals surface area contributed by atoms with Crippen molar-refractivity contribution >= 4 is 5.97 Å². The van der Waals surface area contributed by atoms with Crippen molar-refractivity contribution in [3.8, 4) is 0 Å². The lowest BCUT2D eigenvalue weighted by Gasteiger charge is -2.33. The Bertz CT molecular complexity index is 499. The molecule has 2 rings (SSSR count). The van der Waals surface area contributed by atoms with E-state index in [1.54, 1.807) is 0 Å². The standard InChI is InChI=1S/C15H18F3NO2/c1-19-8-2-3-11(9-19)13(14(20)21)10-4-6-12(7-5-10)15(16,17)18/h4-7,11,13H,2-3,8-9H2,1H3,(H,20,21). The number of aliphatic carboxylic acids is 1. The van der Waals surface area contributed by atoms with Gasteiger partial charge < -0.3 is 10.0 Å². The fourth-order valence-corrected chi connectivity index (χ4v) is 2.97. The molecule has 2 unspecified atom stereocenters. The minimum Gasteiger partial charge on any atom is -0.481 e. The molecule has 1 N–H and O–H groups in total. The summed E-state index contributed by atoms with van der Waals surface area (Å²) in [5.41, 5.74) is -0.313. The third kappa shape index (κ3) is 3.75. The van der Waals surface area contributed by atoms with Crippen molar-refractivity contribution in [2.24, 2.45) is 5.92 Å². The zero-order valence-electron chi connectivity index (χ0n) is 11.7. The van der Waals surface area contributed by atoms with Crippen molar-refractivity contribution < 1.29 is 23.1 Å². The number of piperidine rings is 1. The van der Waals surface area contributed by atoms with E-state index in [0.717, 1.165) is 31.5 Å². The minimum atomic E-state index is -4.40. The van der Waals surface area contributed by atoms with Gasteiger partial charge in [0.15, 0.2) is 0 Å². The normalized spacial score (nSPS) is 22.0. The van der Waals surface area contributed by atoms with Crippen LogP contribution in [0.15, 0.2) is 24.3 Å². The first-order valence-corrected chi connectivity index (χ1v) is 6.87. The largest absolute Gasteiger partial charge is 0.481 e. The molecule has 1 aliphatic heterocycles. The topological polar surface area (TPSA) is 40.5 Å². The molecule has 1 aliphatic rings. The molecule has 1 aromatic carbocycles. The first-order chi connectivity index (χ1) is 9.79. The van der Waals surface area contributed by atoms with Crippen molar-refractivity contribution in [2.75, 3.05) is 20.1 Å². The maximum Gasteiger partial charge on any atom is 0.416 e. The van der Waals surface area contributed by atoms with Crippen molar-refractivity contribution in [2.45, 2.75) is 24.9 Å². The fourth-order valence-electron chi connectivity index (χ4n) is 2.97. The van der Waals surface area contributed by atoms with Gasteiger partial charge in [0.1, 0.15) is 0 Å². The lowest BCUT2D eigenvalue weighted by atomic mass is 9.81. The Morgan fingerprint density at radius 2 is 1.95 bits per heavy atom. The van der Waals surface area contributed by atoms with Crippen LogP contribution < -0.4 is 0 Å². The minimum absolute atomic E-state index is 0.0713. The van der Waals surface area contributed by atoms with E-state index in [1.165, 1.54) is 12.1 Å². The summed E-state index contributed by atoms with van der Waals surface area (Å²) < 4.78 is 37.7.